The molecule has 0 aliphatic rings. The third-order valence-corrected chi connectivity index (χ3v) is 4.85. The van der Waals surface area contributed by atoms with E-state index < -0.39 is 11.8 Å². The lowest BCUT2D eigenvalue weighted by molar-refractivity contribution is -0.117. The fraction of sp³-hybridized carbons (Fsp3) is 0.0417. The van der Waals surface area contributed by atoms with Gasteiger partial charge in [-0.2, -0.15) is 5.10 Å². The van der Waals surface area contributed by atoms with Gasteiger partial charge in [-0.15, -0.1) is 0 Å². The highest BCUT2D eigenvalue weighted by Gasteiger charge is 2.14. The average molecular weight is 525 g/mol. The Labute approximate surface area is 194 Å². The van der Waals surface area contributed by atoms with E-state index >= 15 is 0 Å². The fourth-order valence-electron chi connectivity index (χ4n) is 2.62. The number of methoxy groups -OCH3 is 1. The van der Waals surface area contributed by atoms with Crippen LogP contribution in [-0.4, -0.2) is 25.1 Å². The van der Waals surface area contributed by atoms with Crippen LogP contribution in [0.2, 0.25) is 0 Å². The number of carbonyl (C=O) groups excluding carboxylic acids is 2. The summed E-state index contributed by atoms with van der Waals surface area (Å²) in [6.07, 6.45) is 3.13. The van der Waals surface area contributed by atoms with E-state index in [0.717, 1.165) is 14.7 Å². The molecule has 3 aromatic carbocycles. The Balaban J connectivity index is 1.80. The molecule has 0 heterocycles. The number of hydrogen-bond donors (Lipinski definition) is 2. The number of carbonyl (C=O) groups is 2. The summed E-state index contributed by atoms with van der Waals surface area (Å²) in [5, 5.41) is 6.68. The number of rotatable bonds is 7. The zero-order chi connectivity index (χ0) is 22.1. The molecule has 6 nitrogen and oxygen atoms in total. The molecule has 0 spiro atoms. The highest BCUT2D eigenvalue weighted by atomic mass is 127. The number of halogens is 1. The van der Waals surface area contributed by atoms with Crippen molar-refractivity contribution in [3.63, 3.8) is 0 Å². The Bertz CT molecular complexity index is 1110. The molecule has 0 unspecified atom stereocenters. The van der Waals surface area contributed by atoms with Crippen LogP contribution >= 0.6 is 22.6 Å². The first-order valence-electron chi connectivity index (χ1n) is 9.36. The zero-order valence-electron chi connectivity index (χ0n) is 16.7. The van der Waals surface area contributed by atoms with Crippen LogP contribution in [0.25, 0.3) is 6.08 Å². The molecule has 0 saturated carbocycles. The summed E-state index contributed by atoms with van der Waals surface area (Å²) >= 11 is 2.20. The van der Waals surface area contributed by atoms with Gasteiger partial charge < -0.3 is 10.1 Å². The molecule has 31 heavy (non-hydrogen) atoms. The monoisotopic (exact) mass is 525 g/mol. The van der Waals surface area contributed by atoms with Gasteiger partial charge in [-0.05, 0) is 76.2 Å². The van der Waals surface area contributed by atoms with Gasteiger partial charge in [-0.3, -0.25) is 9.59 Å². The van der Waals surface area contributed by atoms with Crippen molar-refractivity contribution >= 4 is 46.7 Å². The number of benzene rings is 3. The lowest BCUT2D eigenvalue weighted by atomic mass is 10.1. The van der Waals surface area contributed by atoms with Crippen molar-refractivity contribution in [2.75, 3.05) is 7.11 Å². The predicted octanol–water partition coefficient (Wildman–Crippen LogP) is 4.22. The molecular formula is C24H20IN3O3. The predicted molar refractivity (Wildman–Crippen MR) is 130 cm³/mol. The molecule has 7 heteroatoms. The minimum absolute atomic E-state index is 0.0683. The molecule has 156 valence electrons. The van der Waals surface area contributed by atoms with Crippen molar-refractivity contribution in [1.82, 2.24) is 10.7 Å². The number of nitrogens with zero attached hydrogens (tertiary/aromatic N) is 1. The molecule has 3 aromatic rings. The largest absolute Gasteiger partial charge is 0.497 e. The van der Waals surface area contributed by atoms with Gasteiger partial charge in [0, 0.05) is 9.13 Å². The molecule has 3 rings (SSSR count). The van der Waals surface area contributed by atoms with Gasteiger partial charge >= 0.3 is 0 Å². The van der Waals surface area contributed by atoms with Crippen molar-refractivity contribution in [2.45, 2.75) is 0 Å². The highest BCUT2D eigenvalue weighted by molar-refractivity contribution is 14.1. The summed E-state index contributed by atoms with van der Waals surface area (Å²) in [5.74, 6) is -0.238. The third-order valence-electron chi connectivity index (χ3n) is 4.18. The first-order chi connectivity index (χ1) is 15.0. The lowest BCUT2D eigenvalue weighted by Crippen LogP contribution is -2.32. The Morgan fingerprint density at radius 3 is 2.35 bits per heavy atom. The molecular weight excluding hydrogens is 505 g/mol. The average Bonchev–Trinajstić information content (AvgIpc) is 2.79. The van der Waals surface area contributed by atoms with Crippen LogP contribution in [0.5, 0.6) is 5.75 Å². The van der Waals surface area contributed by atoms with Crippen LogP contribution in [0.4, 0.5) is 0 Å². The number of amides is 2. The van der Waals surface area contributed by atoms with Crippen molar-refractivity contribution in [3.8, 4) is 5.75 Å². The van der Waals surface area contributed by atoms with Crippen LogP contribution in [0, 0.1) is 3.57 Å². The summed E-state index contributed by atoms with van der Waals surface area (Å²) in [4.78, 5) is 25.4. The Morgan fingerprint density at radius 1 is 0.935 bits per heavy atom. The van der Waals surface area contributed by atoms with Crippen molar-refractivity contribution < 1.29 is 14.3 Å². The summed E-state index contributed by atoms with van der Waals surface area (Å²) in [7, 11) is 1.58. The van der Waals surface area contributed by atoms with Crippen LogP contribution in [-0.2, 0) is 4.79 Å². The molecule has 0 fully saturated rings. The number of hydrazone groups is 1. The van der Waals surface area contributed by atoms with Gasteiger partial charge in [0.15, 0.2) is 0 Å². The topological polar surface area (TPSA) is 79.8 Å². The maximum absolute atomic E-state index is 12.8. The lowest BCUT2D eigenvalue weighted by Gasteiger charge is -2.09. The molecule has 2 amide bonds. The van der Waals surface area contributed by atoms with E-state index in [2.05, 4.69) is 38.4 Å². The third kappa shape index (κ3) is 6.78. The van der Waals surface area contributed by atoms with Crippen LogP contribution in [0.1, 0.15) is 21.5 Å². The summed E-state index contributed by atoms with van der Waals surface area (Å²) in [6, 6.07) is 23.5. The quantitative estimate of drug-likeness (QED) is 0.210. The Morgan fingerprint density at radius 2 is 1.68 bits per heavy atom. The van der Waals surface area contributed by atoms with E-state index in [1.807, 2.05) is 30.3 Å². The van der Waals surface area contributed by atoms with E-state index in [1.165, 1.54) is 0 Å². The molecule has 2 N–H and O–H groups in total. The van der Waals surface area contributed by atoms with Crippen molar-refractivity contribution in [2.24, 2.45) is 5.10 Å². The van der Waals surface area contributed by atoms with Gasteiger partial charge in [0.1, 0.15) is 11.4 Å². The minimum atomic E-state index is -0.540. The van der Waals surface area contributed by atoms with Crippen LogP contribution in [0.3, 0.4) is 0 Å². The van der Waals surface area contributed by atoms with E-state index in [4.69, 9.17) is 4.74 Å². The molecule has 0 aliphatic carbocycles. The van der Waals surface area contributed by atoms with Crippen LogP contribution < -0.4 is 15.5 Å². The molecule has 0 bridgehead atoms. The van der Waals surface area contributed by atoms with E-state index in [9.17, 15) is 9.59 Å². The zero-order valence-corrected chi connectivity index (χ0v) is 18.9. The number of hydrogen-bond acceptors (Lipinski definition) is 4. The second kappa shape index (κ2) is 11.1. The van der Waals surface area contributed by atoms with Gasteiger partial charge in [-0.25, -0.2) is 5.43 Å². The molecule has 0 aromatic heterocycles. The summed E-state index contributed by atoms with van der Waals surface area (Å²) in [5.41, 5.74) is 4.55. The van der Waals surface area contributed by atoms with Crippen molar-refractivity contribution in [3.05, 3.63) is 105 Å². The number of nitrogens with one attached hydrogen (secondary N) is 2. The number of ether oxygens (including phenoxy) is 1. The van der Waals surface area contributed by atoms with Gasteiger partial charge in [0.25, 0.3) is 11.8 Å². The molecule has 0 atom stereocenters. The Hall–Kier alpha value is -3.46. The highest BCUT2D eigenvalue weighted by Crippen LogP contribution is 2.14. The van der Waals surface area contributed by atoms with E-state index in [1.54, 1.807) is 67.9 Å². The van der Waals surface area contributed by atoms with Gasteiger partial charge in [-0.1, -0.05) is 42.5 Å². The first-order valence-corrected chi connectivity index (χ1v) is 10.4. The standard InChI is InChI=1S/C24H20IN3O3/c1-31-21-12-10-17(11-13-21)15-22(27-23(29)19-7-3-2-4-8-19)24(30)28-26-16-18-6-5-9-20(25)14-18/h2-16H,1H3,(H,27,29)(H,28,30). The fourth-order valence-corrected chi connectivity index (χ4v) is 3.19. The normalized spacial score (nSPS) is 11.2. The molecule has 0 aliphatic heterocycles. The minimum Gasteiger partial charge on any atom is -0.497 e. The van der Waals surface area contributed by atoms with Gasteiger partial charge in [0.2, 0.25) is 0 Å². The maximum atomic E-state index is 12.8. The molecule has 0 radical (unpaired) electrons. The smallest absolute Gasteiger partial charge is 0.287 e. The summed E-state index contributed by atoms with van der Waals surface area (Å²) in [6.45, 7) is 0. The van der Waals surface area contributed by atoms with Gasteiger partial charge in [0.05, 0.1) is 13.3 Å². The first kappa shape index (κ1) is 22.2. The van der Waals surface area contributed by atoms with Crippen LogP contribution in [0.15, 0.2) is 89.7 Å². The SMILES string of the molecule is COc1ccc(C=C(NC(=O)c2ccccc2)C(=O)NN=Cc2cccc(I)c2)cc1. The second-order valence-corrected chi connectivity index (χ2v) is 7.65. The van der Waals surface area contributed by atoms with Crippen molar-refractivity contribution in [1.29, 1.82) is 0 Å². The molecule has 0 saturated heterocycles. The van der Waals surface area contributed by atoms with E-state index in [0.29, 0.717) is 11.3 Å². The second-order valence-electron chi connectivity index (χ2n) is 6.41. The Kier molecular flexibility index (Phi) is 7.94. The summed E-state index contributed by atoms with van der Waals surface area (Å²) < 4.78 is 6.22. The maximum Gasteiger partial charge on any atom is 0.287 e. The van der Waals surface area contributed by atoms with E-state index in [-0.39, 0.29) is 5.70 Å².